The number of aryl methyl sites for hydroxylation is 1. The fraction of sp³-hybridized carbons (Fsp3) is 0.312. The van der Waals surface area contributed by atoms with E-state index in [4.69, 9.17) is 4.74 Å². The van der Waals surface area contributed by atoms with Crippen molar-refractivity contribution in [3.8, 4) is 5.88 Å². The van der Waals surface area contributed by atoms with Crippen molar-refractivity contribution in [3.05, 3.63) is 53.7 Å². The first-order chi connectivity index (χ1) is 10.6. The number of aromatic nitrogens is 2. The van der Waals surface area contributed by atoms with Gasteiger partial charge in [0, 0.05) is 30.9 Å². The number of carbonyl (C=O) groups is 1. The minimum Gasteiger partial charge on any atom is -0.471 e. The van der Waals surface area contributed by atoms with E-state index in [1.165, 1.54) is 6.07 Å². The minimum absolute atomic E-state index is 0.115. The molecular formula is C16H16FN3O2. The van der Waals surface area contributed by atoms with Gasteiger partial charge < -0.3 is 9.64 Å². The molecule has 1 aromatic heterocycles. The highest BCUT2D eigenvalue weighted by molar-refractivity contribution is 5.94. The van der Waals surface area contributed by atoms with Crippen LogP contribution in [0.1, 0.15) is 22.3 Å². The summed E-state index contributed by atoms with van der Waals surface area (Å²) < 4.78 is 19.3. The SMILES string of the molecule is Cc1ccc(C(=O)N2CCC(Oc3cnccn3)C2)cc1F. The van der Waals surface area contributed by atoms with E-state index in [2.05, 4.69) is 9.97 Å². The Bertz CT molecular complexity index is 678. The molecule has 2 aromatic rings. The van der Waals surface area contributed by atoms with Crippen molar-refractivity contribution < 1.29 is 13.9 Å². The Balaban J connectivity index is 1.64. The molecule has 22 heavy (non-hydrogen) atoms. The van der Waals surface area contributed by atoms with Crippen LogP contribution in [-0.4, -0.2) is 40.0 Å². The molecule has 6 heteroatoms. The van der Waals surface area contributed by atoms with E-state index in [1.807, 2.05) is 0 Å². The molecule has 1 saturated heterocycles. The Morgan fingerprint density at radius 1 is 1.41 bits per heavy atom. The predicted octanol–water partition coefficient (Wildman–Crippen LogP) is 2.22. The summed E-state index contributed by atoms with van der Waals surface area (Å²) in [5.41, 5.74) is 0.894. The van der Waals surface area contributed by atoms with E-state index < -0.39 is 0 Å². The summed E-state index contributed by atoms with van der Waals surface area (Å²) in [4.78, 5) is 22.0. The zero-order valence-corrected chi connectivity index (χ0v) is 12.2. The second-order valence-corrected chi connectivity index (χ2v) is 5.29. The van der Waals surface area contributed by atoms with E-state index in [1.54, 1.807) is 42.5 Å². The fourth-order valence-electron chi connectivity index (χ4n) is 2.43. The van der Waals surface area contributed by atoms with Crippen LogP contribution >= 0.6 is 0 Å². The number of ether oxygens (including phenoxy) is 1. The summed E-state index contributed by atoms with van der Waals surface area (Å²) in [6.45, 7) is 2.72. The highest BCUT2D eigenvalue weighted by Gasteiger charge is 2.28. The van der Waals surface area contributed by atoms with Crippen LogP contribution in [0.2, 0.25) is 0 Å². The van der Waals surface area contributed by atoms with Gasteiger partial charge in [0.1, 0.15) is 11.9 Å². The lowest BCUT2D eigenvalue weighted by molar-refractivity contribution is 0.0770. The number of hydrogen-bond donors (Lipinski definition) is 0. The normalized spacial score (nSPS) is 17.5. The zero-order chi connectivity index (χ0) is 15.5. The van der Waals surface area contributed by atoms with E-state index in [9.17, 15) is 9.18 Å². The lowest BCUT2D eigenvalue weighted by Gasteiger charge is -2.17. The van der Waals surface area contributed by atoms with Crippen molar-refractivity contribution in [2.45, 2.75) is 19.4 Å². The van der Waals surface area contributed by atoms with Crippen LogP contribution in [0.15, 0.2) is 36.8 Å². The molecule has 0 aliphatic carbocycles. The maximum atomic E-state index is 13.6. The highest BCUT2D eigenvalue weighted by Crippen LogP contribution is 2.19. The maximum absolute atomic E-state index is 13.6. The molecule has 2 heterocycles. The Kier molecular flexibility index (Phi) is 4.00. The summed E-state index contributed by atoms with van der Waals surface area (Å²) in [6, 6.07) is 4.55. The largest absolute Gasteiger partial charge is 0.471 e. The van der Waals surface area contributed by atoms with Gasteiger partial charge in [0.25, 0.3) is 5.91 Å². The number of halogens is 1. The molecule has 0 radical (unpaired) electrons. The Labute approximate surface area is 127 Å². The Morgan fingerprint density at radius 2 is 2.27 bits per heavy atom. The van der Waals surface area contributed by atoms with E-state index in [-0.39, 0.29) is 17.8 Å². The molecule has 1 unspecified atom stereocenters. The molecule has 5 nitrogen and oxygen atoms in total. The van der Waals surface area contributed by atoms with Crippen LogP contribution in [0.3, 0.4) is 0 Å². The summed E-state index contributed by atoms with van der Waals surface area (Å²) >= 11 is 0. The molecule has 0 saturated carbocycles. The van der Waals surface area contributed by atoms with Gasteiger partial charge in [-0.1, -0.05) is 6.07 Å². The van der Waals surface area contributed by atoms with Crippen LogP contribution in [0.5, 0.6) is 5.88 Å². The average molecular weight is 301 g/mol. The monoisotopic (exact) mass is 301 g/mol. The van der Waals surface area contributed by atoms with Crippen molar-refractivity contribution >= 4 is 5.91 Å². The highest BCUT2D eigenvalue weighted by atomic mass is 19.1. The van der Waals surface area contributed by atoms with Gasteiger partial charge in [-0.25, -0.2) is 9.37 Å². The lowest BCUT2D eigenvalue weighted by Crippen LogP contribution is -2.31. The molecular weight excluding hydrogens is 285 g/mol. The number of carbonyl (C=O) groups excluding carboxylic acids is 1. The molecule has 0 bridgehead atoms. The molecule has 114 valence electrons. The first-order valence-electron chi connectivity index (χ1n) is 7.11. The number of hydrogen-bond acceptors (Lipinski definition) is 4. The second-order valence-electron chi connectivity index (χ2n) is 5.29. The van der Waals surface area contributed by atoms with Gasteiger partial charge in [-0.05, 0) is 24.6 Å². The summed E-state index contributed by atoms with van der Waals surface area (Å²) in [5, 5.41) is 0. The van der Waals surface area contributed by atoms with Crippen LogP contribution in [-0.2, 0) is 0 Å². The molecule has 1 aliphatic rings. The van der Waals surface area contributed by atoms with Gasteiger partial charge >= 0.3 is 0 Å². The zero-order valence-electron chi connectivity index (χ0n) is 12.2. The summed E-state index contributed by atoms with van der Waals surface area (Å²) in [5.74, 6) is -0.0928. The lowest BCUT2D eigenvalue weighted by atomic mass is 10.1. The van der Waals surface area contributed by atoms with E-state index >= 15 is 0 Å². The van der Waals surface area contributed by atoms with Gasteiger partial charge in [-0.15, -0.1) is 0 Å². The standard InChI is InChI=1S/C16H16FN3O2/c1-11-2-3-12(8-14(11)17)16(21)20-7-4-13(10-20)22-15-9-18-5-6-19-15/h2-3,5-6,8-9,13H,4,7,10H2,1H3. The topological polar surface area (TPSA) is 55.3 Å². The molecule has 1 aromatic carbocycles. The van der Waals surface area contributed by atoms with Crippen LogP contribution < -0.4 is 4.74 Å². The predicted molar refractivity (Wildman–Crippen MR) is 78.1 cm³/mol. The molecule has 1 atom stereocenters. The first kappa shape index (κ1) is 14.4. The summed E-state index contributed by atoms with van der Waals surface area (Å²) in [6.07, 6.45) is 5.28. The van der Waals surface area contributed by atoms with Crippen LogP contribution in [0.4, 0.5) is 4.39 Å². The minimum atomic E-state index is -0.364. The molecule has 1 fully saturated rings. The first-order valence-corrected chi connectivity index (χ1v) is 7.11. The van der Waals surface area contributed by atoms with Crippen molar-refractivity contribution in [1.29, 1.82) is 0 Å². The molecule has 1 aliphatic heterocycles. The number of amides is 1. The molecule has 3 rings (SSSR count). The molecule has 0 N–H and O–H groups in total. The van der Waals surface area contributed by atoms with Crippen LogP contribution in [0.25, 0.3) is 0 Å². The third-order valence-corrected chi connectivity index (χ3v) is 3.68. The Hall–Kier alpha value is -2.50. The van der Waals surface area contributed by atoms with Crippen molar-refractivity contribution in [2.75, 3.05) is 13.1 Å². The maximum Gasteiger partial charge on any atom is 0.254 e. The number of rotatable bonds is 3. The van der Waals surface area contributed by atoms with E-state index in [0.29, 0.717) is 30.1 Å². The smallest absolute Gasteiger partial charge is 0.254 e. The third kappa shape index (κ3) is 3.05. The van der Waals surface area contributed by atoms with Crippen molar-refractivity contribution in [1.82, 2.24) is 14.9 Å². The third-order valence-electron chi connectivity index (χ3n) is 3.68. The Morgan fingerprint density at radius 3 is 3.00 bits per heavy atom. The molecule has 1 amide bonds. The molecule has 0 spiro atoms. The van der Waals surface area contributed by atoms with Gasteiger partial charge in [0.15, 0.2) is 0 Å². The van der Waals surface area contributed by atoms with Crippen molar-refractivity contribution in [3.63, 3.8) is 0 Å². The second kappa shape index (κ2) is 6.09. The number of nitrogens with zero attached hydrogens (tertiary/aromatic N) is 3. The van der Waals surface area contributed by atoms with Gasteiger partial charge in [0.05, 0.1) is 12.7 Å². The van der Waals surface area contributed by atoms with Gasteiger partial charge in [-0.2, -0.15) is 0 Å². The van der Waals surface area contributed by atoms with E-state index in [0.717, 1.165) is 6.42 Å². The van der Waals surface area contributed by atoms with Gasteiger partial charge in [-0.3, -0.25) is 9.78 Å². The average Bonchev–Trinajstić information content (AvgIpc) is 2.99. The van der Waals surface area contributed by atoms with Gasteiger partial charge in [0.2, 0.25) is 5.88 Å². The number of likely N-dealkylation sites (tertiary alicyclic amines) is 1. The van der Waals surface area contributed by atoms with Crippen molar-refractivity contribution in [2.24, 2.45) is 0 Å². The number of benzene rings is 1. The fourth-order valence-corrected chi connectivity index (χ4v) is 2.43. The quantitative estimate of drug-likeness (QED) is 0.872. The van der Waals surface area contributed by atoms with Crippen LogP contribution in [0, 0.1) is 12.7 Å². The summed E-state index contributed by atoms with van der Waals surface area (Å²) in [7, 11) is 0.